The first-order valence-electron chi connectivity index (χ1n) is 5.55. The highest BCUT2D eigenvalue weighted by Gasteiger charge is 2.00. The lowest BCUT2D eigenvalue weighted by Crippen LogP contribution is -2.15. The summed E-state index contributed by atoms with van der Waals surface area (Å²) in [5.41, 5.74) is 1.20. The molecule has 1 rings (SSSR count). The number of aliphatic hydroxyl groups excluding tert-OH is 1. The van der Waals surface area contributed by atoms with E-state index in [2.05, 4.69) is 30.5 Å². The maximum Gasteiger partial charge on any atom is 0.0534 e. The Balaban J connectivity index is 2.26. The third-order valence-corrected chi connectivity index (χ3v) is 2.08. The fourth-order valence-electron chi connectivity index (χ4n) is 1.41. The molecule has 0 amide bonds. The summed E-state index contributed by atoms with van der Waals surface area (Å²) in [6, 6.07) is 0. The van der Waals surface area contributed by atoms with Crippen LogP contribution in [-0.2, 0) is 13.1 Å². The molecule has 0 unspecified atom stereocenters. The van der Waals surface area contributed by atoms with Crippen molar-refractivity contribution in [2.45, 2.75) is 33.4 Å². The Morgan fingerprint density at radius 2 is 2.33 bits per heavy atom. The van der Waals surface area contributed by atoms with E-state index in [1.165, 1.54) is 5.56 Å². The highest BCUT2D eigenvalue weighted by molar-refractivity contribution is 5.03. The predicted octanol–water partition coefficient (Wildman–Crippen LogP) is 1.01. The second-order valence-electron chi connectivity index (χ2n) is 4.22. The van der Waals surface area contributed by atoms with Crippen molar-refractivity contribution in [3.63, 3.8) is 0 Å². The first kappa shape index (κ1) is 12.2. The van der Waals surface area contributed by atoms with Gasteiger partial charge in [-0.3, -0.25) is 4.68 Å². The van der Waals surface area contributed by atoms with E-state index in [0.29, 0.717) is 5.92 Å². The average molecular weight is 211 g/mol. The molecule has 4 nitrogen and oxygen atoms in total. The van der Waals surface area contributed by atoms with Gasteiger partial charge in [0.25, 0.3) is 0 Å². The second kappa shape index (κ2) is 6.58. The standard InChI is InChI=1S/C11H21N3O/c1-10(2)8-14-9-11(7-13-14)6-12-4-3-5-15/h7,9-10,12,15H,3-6,8H2,1-2H3. The summed E-state index contributed by atoms with van der Waals surface area (Å²) in [6.07, 6.45) is 4.78. The van der Waals surface area contributed by atoms with Crippen molar-refractivity contribution in [2.24, 2.45) is 5.92 Å². The number of nitrogens with zero attached hydrogens (tertiary/aromatic N) is 2. The monoisotopic (exact) mass is 211 g/mol. The van der Waals surface area contributed by atoms with E-state index >= 15 is 0 Å². The van der Waals surface area contributed by atoms with Crippen LogP contribution in [0, 0.1) is 5.92 Å². The highest BCUT2D eigenvalue weighted by atomic mass is 16.3. The number of nitrogens with one attached hydrogen (secondary N) is 1. The SMILES string of the molecule is CC(C)Cn1cc(CNCCCO)cn1. The van der Waals surface area contributed by atoms with Crippen molar-refractivity contribution in [3.05, 3.63) is 18.0 Å². The minimum atomic E-state index is 0.250. The van der Waals surface area contributed by atoms with Gasteiger partial charge in [-0.05, 0) is 18.9 Å². The molecule has 4 heteroatoms. The number of hydrogen-bond acceptors (Lipinski definition) is 3. The summed E-state index contributed by atoms with van der Waals surface area (Å²) in [7, 11) is 0. The van der Waals surface area contributed by atoms with Crippen LogP contribution in [0.2, 0.25) is 0 Å². The summed E-state index contributed by atoms with van der Waals surface area (Å²) in [4.78, 5) is 0. The lowest BCUT2D eigenvalue weighted by atomic mass is 10.2. The van der Waals surface area contributed by atoms with E-state index < -0.39 is 0 Å². The fraction of sp³-hybridized carbons (Fsp3) is 0.727. The zero-order valence-corrected chi connectivity index (χ0v) is 9.61. The molecule has 1 heterocycles. The van der Waals surface area contributed by atoms with Crippen LogP contribution in [0.5, 0.6) is 0 Å². The van der Waals surface area contributed by atoms with Crippen molar-refractivity contribution >= 4 is 0 Å². The first-order chi connectivity index (χ1) is 7.22. The van der Waals surface area contributed by atoms with Crippen LogP contribution in [0.4, 0.5) is 0 Å². The van der Waals surface area contributed by atoms with Gasteiger partial charge >= 0.3 is 0 Å². The summed E-state index contributed by atoms with van der Waals surface area (Å²) in [6.45, 7) is 7.27. The molecule has 0 atom stereocenters. The van der Waals surface area contributed by atoms with Crippen molar-refractivity contribution in [2.75, 3.05) is 13.2 Å². The molecule has 0 spiro atoms. The first-order valence-corrected chi connectivity index (χ1v) is 5.55. The van der Waals surface area contributed by atoms with Gasteiger partial charge in [0.05, 0.1) is 6.20 Å². The molecular weight excluding hydrogens is 190 g/mol. The highest BCUT2D eigenvalue weighted by Crippen LogP contribution is 2.01. The van der Waals surface area contributed by atoms with Gasteiger partial charge in [0.2, 0.25) is 0 Å². The van der Waals surface area contributed by atoms with Gasteiger partial charge in [0.15, 0.2) is 0 Å². The van der Waals surface area contributed by atoms with E-state index in [0.717, 1.165) is 26.1 Å². The molecule has 0 saturated heterocycles. The minimum absolute atomic E-state index is 0.250. The molecule has 0 fully saturated rings. The van der Waals surface area contributed by atoms with Crippen molar-refractivity contribution in [1.29, 1.82) is 0 Å². The molecule has 0 bridgehead atoms. The van der Waals surface area contributed by atoms with Gasteiger partial charge < -0.3 is 10.4 Å². The number of aromatic nitrogens is 2. The quantitative estimate of drug-likeness (QED) is 0.662. The molecule has 0 aromatic carbocycles. The summed E-state index contributed by atoms with van der Waals surface area (Å²) in [5.74, 6) is 0.625. The predicted molar refractivity (Wildman–Crippen MR) is 60.5 cm³/mol. The van der Waals surface area contributed by atoms with E-state index in [-0.39, 0.29) is 6.61 Å². The molecular formula is C11H21N3O. The minimum Gasteiger partial charge on any atom is -0.396 e. The second-order valence-corrected chi connectivity index (χ2v) is 4.22. The Bertz CT molecular complexity index is 271. The average Bonchev–Trinajstić information content (AvgIpc) is 2.59. The van der Waals surface area contributed by atoms with Gasteiger partial charge in [-0.25, -0.2) is 0 Å². The van der Waals surface area contributed by atoms with Crippen molar-refractivity contribution in [3.8, 4) is 0 Å². The Labute approximate surface area is 91.3 Å². The lowest BCUT2D eigenvalue weighted by molar-refractivity contribution is 0.286. The molecule has 86 valence electrons. The Morgan fingerprint density at radius 1 is 1.53 bits per heavy atom. The van der Waals surface area contributed by atoms with Crippen LogP contribution in [-0.4, -0.2) is 28.0 Å². The number of aliphatic hydroxyl groups is 1. The fourth-order valence-corrected chi connectivity index (χ4v) is 1.41. The Kier molecular flexibility index (Phi) is 5.36. The largest absolute Gasteiger partial charge is 0.396 e. The summed E-state index contributed by atoms with van der Waals surface area (Å²) in [5, 5.41) is 16.1. The van der Waals surface area contributed by atoms with E-state index in [1.807, 2.05) is 10.9 Å². The zero-order valence-electron chi connectivity index (χ0n) is 9.61. The molecule has 2 N–H and O–H groups in total. The van der Waals surface area contributed by atoms with Crippen LogP contribution < -0.4 is 5.32 Å². The molecule has 15 heavy (non-hydrogen) atoms. The van der Waals surface area contributed by atoms with Crippen molar-refractivity contribution in [1.82, 2.24) is 15.1 Å². The van der Waals surface area contributed by atoms with Gasteiger partial charge in [-0.15, -0.1) is 0 Å². The van der Waals surface area contributed by atoms with E-state index in [4.69, 9.17) is 5.11 Å². The third kappa shape index (κ3) is 4.95. The van der Waals surface area contributed by atoms with Crippen LogP contribution >= 0.6 is 0 Å². The summed E-state index contributed by atoms with van der Waals surface area (Å²) < 4.78 is 1.98. The number of hydrogen-bond donors (Lipinski definition) is 2. The molecule has 1 aromatic rings. The molecule has 1 aromatic heterocycles. The maximum atomic E-state index is 8.61. The van der Waals surface area contributed by atoms with Gasteiger partial charge in [-0.1, -0.05) is 13.8 Å². The summed E-state index contributed by atoms with van der Waals surface area (Å²) >= 11 is 0. The smallest absolute Gasteiger partial charge is 0.0534 e. The maximum absolute atomic E-state index is 8.61. The zero-order chi connectivity index (χ0) is 11.1. The molecule has 0 saturated carbocycles. The Hall–Kier alpha value is -0.870. The topological polar surface area (TPSA) is 50.1 Å². The normalized spacial score (nSPS) is 11.2. The van der Waals surface area contributed by atoms with Crippen LogP contribution in [0.25, 0.3) is 0 Å². The van der Waals surface area contributed by atoms with Gasteiger partial charge in [0.1, 0.15) is 0 Å². The molecule has 0 aliphatic heterocycles. The molecule has 0 aliphatic carbocycles. The van der Waals surface area contributed by atoms with Gasteiger partial charge in [-0.2, -0.15) is 5.10 Å². The molecule has 0 radical (unpaired) electrons. The molecule has 0 aliphatic rings. The third-order valence-electron chi connectivity index (χ3n) is 2.08. The van der Waals surface area contributed by atoms with E-state index in [1.54, 1.807) is 0 Å². The van der Waals surface area contributed by atoms with E-state index in [9.17, 15) is 0 Å². The van der Waals surface area contributed by atoms with Crippen LogP contribution in [0.15, 0.2) is 12.4 Å². The van der Waals surface area contributed by atoms with Crippen LogP contribution in [0.1, 0.15) is 25.8 Å². The van der Waals surface area contributed by atoms with Gasteiger partial charge in [0, 0.05) is 31.5 Å². The lowest BCUT2D eigenvalue weighted by Gasteiger charge is -2.03. The van der Waals surface area contributed by atoms with Crippen LogP contribution in [0.3, 0.4) is 0 Å². The number of rotatable bonds is 7. The van der Waals surface area contributed by atoms with Crippen molar-refractivity contribution < 1.29 is 5.11 Å². The Morgan fingerprint density at radius 3 is 3.00 bits per heavy atom.